The molecule has 0 bridgehead atoms. The zero-order chi connectivity index (χ0) is 11.0. The summed E-state index contributed by atoms with van der Waals surface area (Å²) >= 11 is 9.58. The highest BCUT2D eigenvalue weighted by Gasteiger charge is 2.25. The Morgan fingerprint density at radius 3 is 2.93 bits per heavy atom. The Kier molecular flexibility index (Phi) is 2.89. The third-order valence-electron chi connectivity index (χ3n) is 2.57. The first-order chi connectivity index (χ1) is 7.09. The lowest BCUT2D eigenvalue weighted by Crippen LogP contribution is -2.32. The average molecular weight is 289 g/mol. The standard InChI is InChI=1S/C10H11BrClN3/c1-15-9(5-14-10(15)13)7-4-6(11)2-3-8(7)12/h2-4,9H,5H2,1H3,(H2,13,14). The lowest BCUT2D eigenvalue weighted by molar-refractivity contribution is 0.414. The van der Waals surface area contributed by atoms with Gasteiger partial charge in [-0.25, -0.2) is 0 Å². The van der Waals surface area contributed by atoms with Gasteiger partial charge >= 0.3 is 0 Å². The van der Waals surface area contributed by atoms with Crippen molar-refractivity contribution in [2.75, 3.05) is 13.6 Å². The topological polar surface area (TPSA) is 41.6 Å². The second-order valence-electron chi connectivity index (χ2n) is 3.49. The van der Waals surface area contributed by atoms with Gasteiger partial charge in [-0.15, -0.1) is 0 Å². The first-order valence-electron chi connectivity index (χ1n) is 4.57. The predicted molar refractivity (Wildman–Crippen MR) is 66.1 cm³/mol. The molecule has 2 N–H and O–H groups in total. The van der Waals surface area contributed by atoms with E-state index in [9.17, 15) is 0 Å². The normalized spacial score (nSPS) is 20.6. The highest BCUT2D eigenvalue weighted by atomic mass is 79.9. The third kappa shape index (κ3) is 1.96. The van der Waals surface area contributed by atoms with E-state index in [0.29, 0.717) is 12.5 Å². The van der Waals surface area contributed by atoms with Gasteiger partial charge in [-0.05, 0) is 23.8 Å². The number of hydrogen-bond acceptors (Lipinski definition) is 3. The Balaban J connectivity index is 2.35. The molecule has 1 aliphatic rings. The minimum atomic E-state index is 0.148. The van der Waals surface area contributed by atoms with Crippen LogP contribution in [-0.2, 0) is 0 Å². The quantitative estimate of drug-likeness (QED) is 0.862. The number of aliphatic imine (C=N–C) groups is 1. The highest BCUT2D eigenvalue weighted by Crippen LogP contribution is 2.31. The Bertz CT molecular complexity index is 419. The van der Waals surface area contributed by atoms with Crippen molar-refractivity contribution in [2.24, 2.45) is 10.7 Å². The van der Waals surface area contributed by atoms with Crippen LogP contribution in [0.3, 0.4) is 0 Å². The number of rotatable bonds is 1. The van der Waals surface area contributed by atoms with Crippen molar-refractivity contribution < 1.29 is 0 Å². The molecule has 0 saturated carbocycles. The fourth-order valence-electron chi connectivity index (χ4n) is 1.65. The fourth-order valence-corrected chi connectivity index (χ4v) is 2.27. The van der Waals surface area contributed by atoms with E-state index in [0.717, 1.165) is 15.1 Å². The molecule has 1 aromatic rings. The summed E-state index contributed by atoms with van der Waals surface area (Å²) in [6, 6.07) is 5.96. The third-order valence-corrected chi connectivity index (χ3v) is 3.41. The molecule has 1 atom stereocenters. The minimum Gasteiger partial charge on any atom is -0.370 e. The van der Waals surface area contributed by atoms with Crippen LogP contribution in [0.15, 0.2) is 27.7 Å². The molecular formula is C10H11BrClN3. The molecule has 80 valence electrons. The zero-order valence-electron chi connectivity index (χ0n) is 8.24. The van der Waals surface area contributed by atoms with E-state index < -0.39 is 0 Å². The van der Waals surface area contributed by atoms with Crippen molar-refractivity contribution in [1.82, 2.24) is 4.90 Å². The SMILES string of the molecule is CN1C(N)=NCC1c1cc(Br)ccc1Cl. The van der Waals surface area contributed by atoms with Gasteiger partial charge in [-0.3, -0.25) is 4.99 Å². The van der Waals surface area contributed by atoms with Gasteiger partial charge in [-0.1, -0.05) is 27.5 Å². The molecule has 0 radical (unpaired) electrons. The van der Waals surface area contributed by atoms with Crippen LogP contribution < -0.4 is 5.73 Å². The van der Waals surface area contributed by atoms with Gasteiger partial charge in [0.05, 0.1) is 12.6 Å². The lowest BCUT2D eigenvalue weighted by atomic mass is 10.1. The number of hydrogen-bond donors (Lipinski definition) is 1. The summed E-state index contributed by atoms with van der Waals surface area (Å²) in [6.45, 7) is 0.665. The van der Waals surface area contributed by atoms with Gasteiger partial charge < -0.3 is 10.6 Å². The second kappa shape index (κ2) is 4.02. The molecule has 0 aromatic heterocycles. The summed E-state index contributed by atoms with van der Waals surface area (Å²) in [7, 11) is 1.92. The fraction of sp³-hybridized carbons (Fsp3) is 0.300. The van der Waals surface area contributed by atoms with E-state index in [2.05, 4.69) is 20.9 Å². The van der Waals surface area contributed by atoms with E-state index in [1.54, 1.807) is 0 Å². The molecule has 2 rings (SSSR count). The maximum absolute atomic E-state index is 6.15. The van der Waals surface area contributed by atoms with Crippen LogP contribution in [0.5, 0.6) is 0 Å². The number of halogens is 2. The molecule has 1 aliphatic heterocycles. The number of benzene rings is 1. The molecule has 5 heteroatoms. The van der Waals surface area contributed by atoms with Crippen LogP contribution >= 0.6 is 27.5 Å². The molecule has 1 aromatic carbocycles. The van der Waals surface area contributed by atoms with Gasteiger partial charge in [0, 0.05) is 16.5 Å². The van der Waals surface area contributed by atoms with Crippen molar-refractivity contribution in [3.05, 3.63) is 33.3 Å². The lowest BCUT2D eigenvalue weighted by Gasteiger charge is -2.22. The summed E-state index contributed by atoms with van der Waals surface area (Å²) in [6.07, 6.45) is 0. The molecule has 15 heavy (non-hydrogen) atoms. The van der Waals surface area contributed by atoms with Crippen molar-refractivity contribution in [2.45, 2.75) is 6.04 Å². The van der Waals surface area contributed by atoms with E-state index in [-0.39, 0.29) is 6.04 Å². The number of likely N-dealkylation sites (N-methyl/N-ethyl adjacent to an activating group) is 1. The van der Waals surface area contributed by atoms with Crippen molar-refractivity contribution >= 4 is 33.5 Å². The van der Waals surface area contributed by atoms with Crippen LogP contribution in [0, 0.1) is 0 Å². The van der Waals surface area contributed by atoms with E-state index in [4.69, 9.17) is 17.3 Å². The zero-order valence-corrected chi connectivity index (χ0v) is 10.6. The molecule has 0 spiro atoms. The first-order valence-corrected chi connectivity index (χ1v) is 5.74. The number of guanidine groups is 1. The van der Waals surface area contributed by atoms with Gasteiger partial charge in [-0.2, -0.15) is 0 Å². The number of nitrogens with two attached hydrogens (primary N) is 1. The predicted octanol–water partition coefficient (Wildman–Crippen LogP) is 2.40. The number of nitrogens with zero attached hydrogens (tertiary/aromatic N) is 2. The molecule has 0 aliphatic carbocycles. The van der Waals surface area contributed by atoms with Crippen molar-refractivity contribution in [3.8, 4) is 0 Å². The smallest absolute Gasteiger partial charge is 0.191 e. The summed E-state index contributed by atoms with van der Waals surface area (Å²) in [5.41, 5.74) is 6.77. The van der Waals surface area contributed by atoms with Gasteiger partial charge in [0.25, 0.3) is 0 Å². The van der Waals surface area contributed by atoms with Gasteiger partial charge in [0.15, 0.2) is 5.96 Å². The van der Waals surface area contributed by atoms with Crippen LogP contribution in [0.1, 0.15) is 11.6 Å². The Morgan fingerprint density at radius 2 is 2.33 bits per heavy atom. The Morgan fingerprint density at radius 1 is 1.60 bits per heavy atom. The highest BCUT2D eigenvalue weighted by molar-refractivity contribution is 9.10. The first kappa shape index (κ1) is 10.8. The molecule has 1 unspecified atom stereocenters. The molecule has 0 saturated heterocycles. The van der Waals surface area contributed by atoms with Gasteiger partial charge in [0.2, 0.25) is 0 Å². The van der Waals surface area contributed by atoms with Crippen molar-refractivity contribution in [3.63, 3.8) is 0 Å². The summed E-state index contributed by atoms with van der Waals surface area (Å²) in [5.74, 6) is 0.566. The maximum Gasteiger partial charge on any atom is 0.191 e. The maximum atomic E-state index is 6.15. The molecular weight excluding hydrogens is 277 g/mol. The Hall–Kier alpha value is -0.740. The Labute approximate surface area is 102 Å². The van der Waals surface area contributed by atoms with Crippen LogP contribution in [0.4, 0.5) is 0 Å². The van der Waals surface area contributed by atoms with Gasteiger partial charge in [0.1, 0.15) is 0 Å². The van der Waals surface area contributed by atoms with Crippen LogP contribution in [-0.4, -0.2) is 24.5 Å². The molecule has 1 heterocycles. The van der Waals surface area contributed by atoms with E-state index >= 15 is 0 Å². The summed E-state index contributed by atoms with van der Waals surface area (Å²) in [5, 5.41) is 0.750. The summed E-state index contributed by atoms with van der Waals surface area (Å²) in [4.78, 5) is 6.13. The van der Waals surface area contributed by atoms with Crippen LogP contribution in [0.25, 0.3) is 0 Å². The molecule has 0 fully saturated rings. The molecule has 0 amide bonds. The van der Waals surface area contributed by atoms with E-state index in [1.807, 2.05) is 30.1 Å². The molecule has 3 nitrogen and oxygen atoms in total. The summed E-state index contributed by atoms with van der Waals surface area (Å²) < 4.78 is 1.01. The largest absolute Gasteiger partial charge is 0.370 e. The minimum absolute atomic E-state index is 0.148. The second-order valence-corrected chi connectivity index (χ2v) is 4.81. The average Bonchev–Trinajstić information content (AvgIpc) is 2.52. The van der Waals surface area contributed by atoms with E-state index in [1.165, 1.54) is 0 Å². The van der Waals surface area contributed by atoms with Crippen molar-refractivity contribution in [1.29, 1.82) is 0 Å². The van der Waals surface area contributed by atoms with Crippen LogP contribution in [0.2, 0.25) is 5.02 Å². The monoisotopic (exact) mass is 287 g/mol.